The van der Waals surface area contributed by atoms with Crippen molar-refractivity contribution in [2.75, 3.05) is 24.2 Å². The smallest absolute Gasteiger partial charge is 0.241 e. The second-order valence-electron chi connectivity index (χ2n) is 5.69. The van der Waals surface area contributed by atoms with Crippen LogP contribution in [-0.4, -0.2) is 42.1 Å². The number of carbonyl (C=O) groups excluding carboxylic acids is 1. The van der Waals surface area contributed by atoms with E-state index in [1.165, 1.54) is 0 Å². The molecule has 1 aromatic rings. The van der Waals surface area contributed by atoms with Gasteiger partial charge in [0.25, 0.3) is 0 Å². The van der Waals surface area contributed by atoms with Crippen molar-refractivity contribution < 1.29 is 9.53 Å². The molecule has 2 rings (SSSR count). The number of morpholine rings is 1. The topological polar surface area (TPSA) is 67.6 Å². The molecular formula is C16H25N3O2. The van der Waals surface area contributed by atoms with Crippen LogP contribution in [-0.2, 0) is 9.53 Å². The molecule has 1 fully saturated rings. The maximum atomic E-state index is 12.4. The fourth-order valence-electron chi connectivity index (χ4n) is 2.66. The highest BCUT2D eigenvalue weighted by atomic mass is 16.5. The van der Waals surface area contributed by atoms with Crippen LogP contribution in [0.2, 0.25) is 0 Å². The minimum Gasteiger partial charge on any atom is -0.399 e. The van der Waals surface area contributed by atoms with Gasteiger partial charge in [-0.05, 0) is 44.5 Å². The van der Waals surface area contributed by atoms with E-state index < -0.39 is 0 Å². The molecule has 1 heterocycles. The largest absolute Gasteiger partial charge is 0.399 e. The van der Waals surface area contributed by atoms with E-state index >= 15 is 0 Å². The number of nitrogen functional groups attached to an aromatic ring is 1. The number of hydrogen-bond donors (Lipinski definition) is 2. The zero-order valence-electron chi connectivity index (χ0n) is 13.0. The third-order valence-electron chi connectivity index (χ3n) is 4.04. The monoisotopic (exact) mass is 291 g/mol. The molecule has 0 spiro atoms. The van der Waals surface area contributed by atoms with Crippen molar-refractivity contribution in [3.63, 3.8) is 0 Å². The molecular weight excluding hydrogens is 266 g/mol. The standard InChI is InChI=1S/C16H25N3O2/c1-4-15-10-21-11(2)9-19(15)12(3)16(20)18-14-7-5-13(17)6-8-14/h5-8,11-12,15H,4,9-10,17H2,1-3H3,(H,18,20). The zero-order valence-corrected chi connectivity index (χ0v) is 13.0. The second kappa shape index (κ2) is 6.91. The van der Waals surface area contributed by atoms with Crippen molar-refractivity contribution in [3.8, 4) is 0 Å². The van der Waals surface area contributed by atoms with E-state index in [2.05, 4.69) is 17.1 Å². The van der Waals surface area contributed by atoms with E-state index in [1.54, 1.807) is 12.1 Å². The highest BCUT2D eigenvalue weighted by Crippen LogP contribution is 2.19. The number of benzene rings is 1. The summed E-state index contributed by atoms with van der Waals surface area (Å²) >= 11 is 0. The van der Waals surface area contributed by atoms with Crippen molar-refractivity contribution in [2.24, 2.45) is 0 Å². The van der Waals surface area contributed by atoms with Gasteiger partial charge in [-0.25, -0.2) is 0 Å². The van der Waals surface area contributed by atoms with Gasteiger partial charge in [0.05, 0.1) is 18.8 Å². The van der Waals surface area contributed by atoms with Gasteiger partial charge in [0, 0.05) is 24.0 Å². The van der Waals surface area contributed by atoms with Crippen LogP contribution in [0.1, 0.15) is 27.2 Å². The highest BCUT2D eigenvalue weighted by Gasteiger charge is 2.32. The summed E-state index contributed by atoms with van der Waals surface area (Å²) in [5.41, 5.74) is 7.11. The third-order valence-corrected chi connectivity index (χ3v) is 4.04. The molecule has 3 atom stereocenters. The number of ether oxygens (including phenoxy) is 1. The van der Waals surface area contributed by atoms with Gasteiger partial charge in [0.2, 0.25) is 5.91 Å². The van der Waals surface area contributed by atoms with Gasteiger partial charge in [-0.2, -0.15) is 0 Å². The third kappa shape index (κ3) is 3.95. The van der Waals surface area contributed by atoms with Crippen molar-refractivity contribution in [2.45, 2.75) is 45.4 Å². The maximum Gasteiger partial charge on any atom is 0.241 e. The molecule has 0 saturated carbocycles. The van der Waals surface area contributed by atoms with Gasteiger partial charge < -0.3 is 15.8 Å². The number of hydrogen-bond acceptors (Lipinski definition) is 4. The summed E-state index contributed by atoms with van der Waals surface area (Å²) in [6, 6.07) is 7.32. The first-order chi connectivity index (χ1) is 10.0. The molecule has 1 saturated heterocycles. The van der Waals surface area contributed by atoms with Gasteiger partial charge in [0.1, 0.15) is 0 Å². The Morgan fingerprint density at radius 1 is 1.48 bits per heavy atom. The van der Waals surface area contributed by atoms with Crippen LogP contribution in [0.5, 0.6) is 0 Å². The molecule has 1 aliphatic rings. The molecule has 0 aliphatic carbocycles. The number of amides is 1. The van der Waals surface area contributed by atoms with Crippen molar-refractivity contribution >= 4 is 17.3 Å². The molecule has 1 aliphatic heterocycles. The zero-order chi connectivity index (χ0) is 15.4. The summed E-state index contributed by atoms with van der Waals surface area (Å²) in [5, 5.41) is 2.95. The van der Waals surface area contributed by atoms with Crippen LogP contribution >= 0.6 is 0 Å². The SMILES string of the molecule is CCC1COC(C)CN1C(C)C(=O)Nc1ccc(N)cc1. The number of carbonyl (C=O) groups is 1. The van der Waals surface area contributed by atoms with E-state index in [4.69, 9.17) is 10.5 Å². The lowest BCUT2D eigenvalue weighted by Gasteiger charge is -2.41. The Balaban J connectivity index is 2.01. The van der Waals surface area contributed by atoms with E-state index in [9.17, 15) is 4.79 Å². The molecule has 3 unspecified atom stereocenters. The molecule has 5 nitrogen and oxygen atoms in total. The maximum absolute atomic E-state index is 12.4. The summed E-state index contributed by atoms with van der Waals surface area (Å²) in [7, 11) is 0. The van der Waals surface area contributed by atoms with Gasteiger partial charge in [-0.15, -0.1) is 0 Å². The Morgan fingerprint density at radius 2 is 2.14 bits per heavy atom. The van der Waals surface area contributed by atoms with E-state index in [-0.39, 0.29) is 18.1 Å². The Labute approximate surface area is 126 Å². The summed E-state index contributed by atoms with van der Waals surface area (Å²) in [6.45, 7) is 7.60. The Hall–Kier alpha value is -1.59. The molecule has 1 amide bonds. The first-order valence-corrected chi connectivity index (χ1v) is 7.55. The van der Waals surface area contributed by atoms with E-state index in [1.807, 2.05) is 26.0 Å². The molecule has 1 aromatic carbocycles. The lowest BCUT2D eigenvalue weighted by Crippen LogP contribution is -2.55. The highest BCUT2D eigenvalue weighted by molar-refractivity contribution is 5.94. The Kier molecular flexibility index (Phi) is 5.20. The minimum absolute atomic E-state index is 0.00678. The van der Waals surface area contributed by atoms with Crippen molar-refractivity contribution in [1.29, 1.82) is 0 Å². The van der Waals surface area contributed by atoms with Gasteiger partial charge in [-0.3, -0.25) is 9.69 Å². The lowest BCUT2D eigenvalue weighted by atomic mass is 10.1. The number of nitrogens with zero attached hydrogens (tertiary/aromatic N) is 1. The molecule has 21 heavy (non-hydrogen) atoms. The van der Waals surface area contributed by atoms with Crippen LogP contribution in [0.25, 0.3) is 0 Å². The molecule has 0 aromatic heterocycles. The van der Waals surface area contributed by atoms with Crippen LogP contribution in [0, 0.1) is 0 Å². The molecule has 3 N–H and O–H groups in total. The van der Waals surface area contributed by atoms with Crippen LogP contribution in [0.4, 0.5) is 11.4 Å². The second-order valence-corrected chi connectivity index (χ2v) is 5.69. The van der Waals surface area contributed by atoms with Crippen molar-refractivity contribution in [3.05, 3.63) is 24.3 Å². The quantitative estimate of drug-likeness (QED) is 0.834. The first kappa shape index (κ1) is 15.8. The molecule has 0 radical (unpaired) electrons. The summed E-state index contributed by atoms with van der Waals surface area (Å²) in [4.78, 5) is 14.7. The summed E-state index contributed by atoms with van der Waals surface area (Å²) < 4.78 is 5.69. The van der Waals surface area contributed by atoms with Crippen LogP contribution < -0.4 is 11.1 Å². The Morgan fingerprint density at radius 3 is 2.76 bits per heavy atom. The number of rotatable bonds is 4. The fraction of sp³-hybridized carbons (Fsp3) is 0.562. The molecule has 0 bridgehead atoms. The van der Waals surface area contributed by atoms with Crippen LogP contribution in [0.3, 0.4) is 0 Å². The first-order valence-electron chi connectivity index (χ1n) is 7.55. The van der Waals surface area contributed by atoms with Gasteiger partial charge in [-0.1, -0.05) is 6.92 Å². The minimum atomic E-state index is -0.182. The molecule has 5 heteroatoms. The number of anilines is 2. The number of nitrogens with one attached hydrogen (secondary N) is 1. The van der Waals surface area contributed by atoms with E-state index in [0.29, 0.717) is 18.3 Å². The average molecular weight is 291 g/mol. The predicted octanol–water partition coefficient (Wildman–Crippen LogP) is 2.10. The Bertz CT molecular complexity index is 475. The summed E-state index contributed by atoms with van der Waals surface area (Å²) in [6.07, 6.45) is 1.14. The number of nitrogens with two attached hydrogens (primary N) is 1. The van der Waals surface area contributed by atoms with E-state index in [0.717, 1.165) is 18.7 Å². The predicted molar refractivity (Wildman–Crippen MR) is 85.1 cm³/mol. The average Bonchev–Trinajstić information content (AvgIpc) is 2.48. The fourth-order valence-corrected chi connectivity index (χ4v) is 2.66. The van der Waals surface area contributed by atoms with Gasteiger partial charge in [0.15, 0.2) is 0 Å². The summed E-state index contributed by atoms with van der Waals surface area (Å²) in [5.74, 6) is 0.00678. The lowest BCUT2D eigenvalue weighted by molar-refractivity contribution is -0.127. The van der Waals surface area contributed by atoms with Crippen molar-refractivity contribution in [1.82, 2.24) is 4.90 Å². The van der Waals surface area contributed by atoms with Crippen LogP contribution in [0.15, 0.2) is 24.3 Å². The van der Waals surface area contributed by atoms with Gasteiger partial charge >= 0.3 is 0 Å². The normalized spacial score (nSPS) is 24.5. The molecule has 116 valence electrons.